The van der Waals surface area contributed by atoms with Gasteiger partial charge in [-0.05, 0) is 44.9 Å². The highest BCUT2D eigenvalue weighted by atomic mass is 16.3. The quantitative estimate of drug-likeness (QED) is 0.812. The van der Waals surface area contributed by atoms with E-state index in [-0.39, 0.29) is 11.9 Å². The highest BCUT2D eigenvalue weighted by Gasteiger charge is 2.40. The SMILES string of the molecule is O=C(NC1CCN(C2CCCC2)C1)C1(O)CCCC1. The minimum absolute atomic E-state index is 0.122. The maximum Gasteiger partial charge on any atom is 0.252 e. The number of aliphatic hydroxyl groups is 1. The second-order valence-corrected chi connectivity index (χ2v) is 6.63. The summed E-state index contributed by atoms with van der Waals surface area (Å²) in [6.07, 6.45) is 9.63. The minimum atomic E-state index is -1.07. The van der Waals surface area contributed by atoms with Crippen LogP contribution >= 0.6 is 0 Å². The zero-order valence-electron chi connectivity index (χ0n) is 11.7. The topological polar surface area (TPSA) is 52.6 Å². The number of nitrogens with one attached hydrogen (secondary N) is 1. The molecule has 1 saturated heterocycles. The first-order valence-electron chi connectivity index (χ1n) is 7.95. The first kappa shape index (κ1) is 13.4. The Bertz CT molecular complexity index is 333. The Kier molecular flexibility index (Phi) is 3.81. The predicted octanol–water partition coefficient (Wildman–Crippen LogP) is 1.42. The van der Waals surface area contributed by atoms with Gasteiger partial charge >= 0.3 is 0 Å². The molecular formula is C15H26N2O2. The number of carbonyl (C=O) groups excluding carboxylic acids is 1. The lowest BCUT2D eigenvalue weighted by molar-refractivity contribution is -0.139. The van der Waals surface area contributed by atoms with Crippen LogP contribution in [0, 0.1) is 0 Å². The lowest BCUT2D eigenvalue weighted by Crippen LogP contribution is -2.49. The molecule has 1 heterocycles. The van der Waals surface area contributed by atoms with Crippen LogP contribution < -0.4 is 5.32 Å². The first-order chi connectivity index (χ1) is 9.17. The van der Waals surface area contributed by atoms with Gasteiger partial charge in [0.1, 0.15) is 5.60 Å². The molecule has 3 rings (SSSR count). The molecule has 1 atom stereocenters. The molecule has 3 fully saturated rings. The molecule has 4 nitrogen and oxygen atoms in total. The second kappa shape index (κ2) is 5.41. The monoisotopic (exact) mass is 266 g/mol. The van der Waals surface area contributed by atoms with Crippen molar-refractivity contribution in [2.75, 3.05) is 13.1 Å². The Balaban J connectivity index is 1.50. The van der Waals surface area contributed by atoms with Crippen LogP contribution in [0.5, 0.6) is 0 Å². The predicted molar refractivity (Wildman–Crippen MR) is 73.8 cm³/mol. The average Bonchev–Trinajstić information content (AvgIpc) is 3.08. The molecule has 0 spiro atoms. The Labute approximate surface area is 115 Å². The van der Waals surface area contributed by atoms with Crippen molar-refractivity contribution in [3.8, 4) is 0 Å². The third kappa shape index (κ3) is 2.79. The molecule has 108 valence electrons. The van der Waals surface area contributed by atoms with Gasteiger partial charge < -0.3 is 10.4 Å². The highest BCUT2D eigenvalue weighted by molar-refractivity contribution is 5.85. The van der Waals surface area contributed by atoms with E-state index in [1.807, 2.05) is 0 Å². The van der Waals surface area contributed by atoms with E-state index in [2.05, 4.69) is 10.2 Å². The van der Waals surface area contributed by atoms with E-state index < -0.39 is 5.60 Å². The molecule has 0 aromatic rings. The first-order valence-corrected chi connectivity index (χ1v) is 7.95. The van der Waals surface area contributed by atoms with Gasteiger partial charge in [-0.2, -0.15) is 0 Å². The summed E-state index contributed by atoms with van der Waals surface area (Å²) < 4.78 is 0. The number of rotatable bonds is 3. The molecule has 3 aliphatic rings. The number of hydrogen-bond donors (Lipinski definition) is 2. The van der Waals surface area contributed by atoms with Crippen molar-refractivity contribution >= 4 is 5.91 Å². The van der Waals surface area contributed by atoms with Crippen LogP contribution in [0.25, 0.3) is 0 Å². The molecule has 0 radical (unpaired) electrons. The Morgan fingerprint density at radius 1 is 1.11 bits per heavy atom. The number of nitrogens with zero attached hydrogens (tertiary/aromatic N) is 1. The van der Waals surface area contributed by atoms with Crippen LogP contribution in [0.4, 0.5) is 0 Å². The maximum absolute atomic E-state index is 12.2. The van der Waals surface area contributed by atoms with E-state index >= 15 is 0 Å². The Morgan fingerprint density at radius 3 is 2.47 bits per heavy atom. The fraction of sp³-hybridized carbons (Fsp3) is 0.933. The van der Waals surface area contributed by atoms with Crippen molar-refractivity contribution in [3.05, 3.63) is 0 Å². The molecule has 4 heteroatoms. The molecule has 1 aliphatic heterocycles. The van der Waals surface area contributed by atoms with Gasteiger partial charge in [0, 0.05) is 25.2 Å². The molecule has 2 saturated carbocycles. The van der Waals surface area contributed by atoms with Crippen LogP contribution in [0.15, 0.2) is 0 Å². The standard InChI is InChI=1S/C15H26N2O2/c18-14(15(19)8-3-4-9-15)16-12-7-10-17(11-12)13-5-1-2-6-13/h12-13,19H,1-11H2,(H,16,18). The van der Waals surface area contributed by atoms with Gasteiger partial charge in [0.2, 0.25) is 0 Å². The average molecular weight is 266 g/mol. The van der Waals surface area contributed by atoms with Gasteiger partial charge in [0.05, 0.1) is 0 Å². The summed E-state index contributed by atoms with van der Waals surface area (Å²) in [6, 6.07) is 0.995. The zero-order valence-corrected chi connectivity index (χ0v) is 11.7. The fourth-order valence-corrected chi connectivity index (χ4v) is 4.01. The molecule has 0 aromatic heterocycles. The smallest absolute Gasteiger partial charge is 0.252 e. The Morgan fingerprint density at radius 2 is 1.79 bits per heavy atom. The summed E-state index contributed by atoms with van der Waals surface area (Å²) in [7, 11) is 0. The van der Waals surface area contributed by atoms with Gasteiger partial charge in [0.15, 0.2) is 0 Å². The van der Waals surface area contributed by atoms with Gasteiger partial charge in [0.25, 0.3) is 5.91 Å². The van der Waals surface area contributed by atoms with Gasteiger partial charge in [-0.15, -0.1) is 0 Å². The van der Waals surface area contributed by atoms with Gasteiger partial charge in [-0.25, -0.2) is 0 Å². The van der Waals surface area contributed by atoms with E-state index in [0.29, 0.717) is 12.8 Å². The summed E-state index contributed by atoms with van der Waals surface area (Å²) >= 11 is 0. The van der Waals surface area contributed by atoms with E-state index in [4.69, 9.17) is 0 Å². The van der Waals surface area contributed by atoms with Crippen molar-refractivity contribution in [3.63, 3.8) is 0 Å². The summed E-state index contributed by atoms with van der Waals surface area (Å²) in [4.78, 5) is 14.7. The van der Waals surface area contributed by atoms with Crippen LogP contribution in [0.3, 0.4) is 0 Å². The number of carbonyl (C=O) groups is 1. The number of likely N-dealkylation sites (tertiary alicyclic amines) is 1. The van der Waals surface area contributed by atoms with E-state index in [1.165, 1.54) is 25.7 Å². The second-order valence-electron chi connectivity index (χ2n) is 6.63. The minimum Gasteiger partial charge on any atom is -0.380 e. The van der Waals surface area contributed by atoms with Crippen molar-refractivity contribution < 1.29 is 9.90 Å². The summed E-state index contributed by atoms with van der Waals surface area (Å²) in [5.41, 5.74) is -1.07. The molecule has 2 aliphatic carbocycles. The third-order valence-electron chi connectivity index (χ3n) is 5.25. The molecule has 19 heavy (non-hydrogen) atoms. The lowest BCUT2D eigenvalue weighted by Gasteiger charge is -2.26. The molecule has 0 aromatic carbocycles. The van der Waals surface area contributed by atoms with Crippen molar-refractivity contribution in [1.29, 1.82) is 0 Å². The van der Waals surface area contributed by atoms with Crippen LogP contribution in [-0.2, 0) is 4.79 Å². The molecule has 1 unspecified atom stereocenters. The maximum atomic E-state index is 12.2. The molecule has 2 N–H and O–H groups in total. The van der Waals surface area contributed by atoms with Crippen molar-refractivity contribution in [2.24, 2.45) is 0 Å². The summed E-state index contributed by atoms with van der Waals surface area (Å²) in [5.74, 6) is -0.122. The molecular weight excluding hydrogens is 240 g/mol. The van der Waals surface area contributed by atoms with E-state index in [1.54, 1.807) is 0 Å². The molecule has 1 amide bonds. The number of hydrogen-bond acceptors (Lipinski definition) is 3. The number of amides is 1. The van der Waals surface area contributed by atoms with E-state index in [0.717, 1.165) is 38.4 Å². The largest absolute Gasteiger partial charge is 0.380 e. The van der Waals surface area contributed by atoms with Gasteiger partial charge in [-0.3, -0.25) is 9.69 Å². The fourth-order valence-electron chi connectivity index (χ4n) is 4.01. The van der Waals surface area contributed by atoms with Crippen LogP contribution in [0.2, 0.25) is 0 Å². The highest BCUT2D eigenvalue weighted by Crippen LogP contribution is 2.30. The molecule has 0 bridgehead atoms. The van der Waals surface area contributed by atoms with E-state index in [9.17, 15) is 9.90 Å². The Hall–Kier alpha value is -0.610. The third-order valence-corrected chi connectivity index (χ3v) is 5.25. The normalized spacial score (nSPS) is 31.9. The summed E-state index contributed by atoms with van der Waals surface area (Å²) in [5, 5.41) is 13.4. The summed E-state index contributed by atoms with van der Waals surface area (Å²) in [6.45, 7) is 2.08. The van der Waals surface area contributed by atoms with Crippen molar-refractivity contribution in [1.82, 2.24) is 10.2 Å². The lowest BCUT2D eigenvalue weighted by atomic mass is 10.0. The van der Waals surface area contributed by atoms with Gasteiger partial charge in [-0.1, -0.05) is 12.8 Å². The van der Waals surface area contributed by atoms with Crippen molar-refractivity contribution in [2.45, 2.75) is 75.5 Å². The zero-order chi connectivity index (χ0) is 13.3. The van der Waals surface area contributed by atoms with Crippen LogP contribution in [0.1, 0.15) is 57.8 Å². The van der Waals surface area contributed by atoms with Crippen LogP contribution in [-0.4, -0.2) is 46.7 Å².